The van der Waals surface area contributed by atoms with E-state index in [4.69, 9.17) is 0 Å². The Labute approximate surface area is 121 Å². The fourth-order valence-electron chi connectivity index (χ4n) is 3.08. The van der Waals surface area contributed by atoms with Crippen LogP contribution in [0.3, 0.4) is 0 Å². The Morgan fingerprint density at radius 1 is 0.526 bits per heavy atom. The number of rotatable bonds is 14. The molecule has 0 radical (unpaired) electrons. The SMILES string of the molecule is CCCCCCCC[C@H]1N[C@@H]1CCCCCCCC. The van der Waals surface area contributed by atoms with Crippen LogP contribution in [-0.2, 0) is 0 Å². The maximum absolute atomic E-state index is 3.67. The van der Waals surface area contributed by atoms with Crippen molar-refractivity contribution in [1.29, 1.82) is 0 Å². The lowest BCUT2D eigenvalue weighted by atomic mass is 10.0. The molecule has 0 amide bonds. The van der Waals surface area contributed by atoms with E-state index in [1.807, 2.05) is 0 Å². The normalized spacial score (nSPS) is 21.8. The molecule has 0 saturated carbocycles. The van der Waals surface area contributed by atoms with Gasteiger partial charge in [0.2, 0.25) is 0 Å². The van der Waals surface area contributed by atoms with Crippen molar-refractivity contribution in [1.82, 2.24) is 5.32 Å². The summed E-state index contributed by atoms with van der Waals surface area (Å²) in [5, 5.41) is 3.67. The summed E-state index contributed by atoms with van der Waals surface area (Å²) >= 11 is 0. The van der Waals surface area contributed by atoms with Gasteiger partial charge in [0.05, 0.1) is 0 Å². The van der Waals surface area contributed by atoms with Gasteiger partial charge in [-0.2, -0.15) is 0 Å². The van der Waals surface area contributed by atoms with Gasteiger partial charge in [-0.05, 0) is 12.8 Å². The molecule has 1 rings (SSSR count). The van der Waals surface area contributed by atoms with Gasteiger partial charge in [0.15, 0.2) is 0 Å². The third kappa shape index (κ3) is 9.49. The van der Waals surface area contributed by atoms with E-state index < -0.39 is 0 Å². The van der Waals surface area contributed by atoms with Crippen molar-refractivity contribution in [2.45, 2.75) is 116 Å². The lowest BCUT2D eigenvalue weighted by molar-refractivity contribution is 0.566. The number of nitrogens with one attached hydrogen (secondary N) is 1. The first-order chi connectivity index (χ1) is 9.38. The van der Waals surface area contributed by atoms with E-state index in [-0.39, 0.29) is 0 Å². The first-order valence-corrected chi connectivity index (χ1v) is 9.14. The predicted octanol–water partition coefficient (Wildman–Crippen LogP) is 5.83. The van der Waals surface area contributed by atoms with Gasteiger partial charge in [0, 0.05) is 12.1 Å². The Morgan fingerprint density at radius 2 is 0.895 bits per heavy atom. The molecule has 19 heavy (non-hydrogen) atoms. The highest BCUT2D eigenvalue weighted by Gasteiger charge is 2.33. The fourth-order valence-corrected chi connectivity index (χ4v) is 3.08. The van der Waals surface area contributed by atoms with Crippen LogP contribution in [0.4, 0.5) is 0 Å². The maximum atomic E-state index is 3.67. The molecule has 0 unspecified atom stereocenters. The molecule has 1 aliphatic rings. The Balaban J connectivity index is 1.76. The molecule has 0 aromatic heterocycles. The molecular weight excluding hydrogens is 230 g/mol. The van der Waals surface area contributed by atoms with Gasteiger partial charge in [0.25, 0.3) is 0 Å². The zero-order chi connectivity index (χ0) is 13.8. The molecule has 0 aromatic carbocycles. The third-order valence-electron chi connectivity index (χ3n) is 4.54. The van der Waals surface area contributed by atoms with Gasteiger partial charge in [-0.15, -0.1) is 0 Å². The van der Waals surface area contributed by atoms with E-state index in [2.05, 4.69) is 19.2 Å². The van der Waals surface area contributed by atoms with Crippen LogP contribution in [0.25, 0.3) is 0 Å². The second kappa shape index (κ2) is 11.8. The quantitative estimate of drug-likeness (QED) is 0.310. The number of hydrogen-bond donors (Lipinski definition) is 1. The minimum absolute atomic E-state index is 0.891. The smallest absolute Gasteiger partial charge is 0.0224 e. The summed E-state index contributed by atoms with van der Waals surface area (Å²) in [4.78, 5) is 0. The maximum Gasteiger partial charge on any atom is 0.0224 e. The molecule has 114 valence electrons. The molecule has 1 nitrogen and oxygen atoms in total. The van der Waals surface area contributed by atoms with E-state index in [1.165, 1.54) is 89.9 Å². The van der Waals surface area contributed by atoms with Crippen molar-refractivity contribution in [2.75, 3.05) is 0 Å². The van der Waals surface area contributed by atoms with Crippen molar-refractivity contribution >= 4 is 0 Å². The summed E-state index contributed by atoms with van der Waals surface area (Å²) in [5.74, 6) is 0. The molecule has 1 N–H and O–H groups in total. The van der Waals surface area contributed by atoms with Gasteiger partial charge in [0.1, 0.15) is 0 Å². The topological polar surface area (TPSA) is 21.9 Å². The largest absolute Gasteiger partial charge is 0.308 e. The minimum atomic E-state index is 0.891. The third-order valence-corrected chi connectivity index (χ3v) is 4.54. The average molecular weight is 268 g/mol. The van der Waals surface area contributed by atoms with E-state index in [9.17, 15) is 0 Å². The fraction of sp³-hybridized carbons (Fsp3) is 1.00. The molecule has 1 fully saturated rings. The van der Waals surface area contributed by atoms with Gasteiger partial charge in [-0.1, -0.05) is 90.9 Å². The zero-order valence-electron chi connectivity index (χ0n) is 13.6. The van der Waals surface area contributed by atoms with Crippen LogP contribution in [0.15, 0.2) is 0 Å². The van der Waals surface area contributed by atoms with Crippen molar-refractivity contribution in [3.05, 3.63) is 0 Å². The molecule has 2 atom stereocenters. The second-order valence-electron chi connectivity index (χ2n) is 6.49. The molecule has 0 spiro atoms. The van der Waals surface area contributed by atoms with E-state index >= 15 is 0 Å². The monoisotopic (exact) mass is 267 g/mol. The van der Waals surface area contributed by atoms with E-state index in [1.54, 1.807) is 0 Å². The van der Waals surface area contributed by atoms with Crippen molar-refractivity contribution in [2.24, 2.45) is 0 Å². The minimum Gasteiger partial charge on any atom is -0.308 e. The van der Waals surface area contributed by atoms with Gasteiger partial charge in [-0.3, -0.25) is 0 Å². The molecule has 1 aliphatic heterocycles. The molecule has 1 heterocycles. The van der Waals surface area contributed by atoms with Crippen LogP contribution in [0.5, 0.6) is 0 Å². The first-order valence-electron chi connectivity index (χ1n) is 9.14. The van der Waals surface area contributed by atoms with Crippen LogP contribution >= 0.6 is 0 Å². The van der Waals surface area contributed by atoms with E-state index in [0.29, 0.717) is 0 Å². The van der Waals surface area contributed by atoms with Crippen molar-refractivity contribution in [3.8, 4) is 0 Å². The van der Waals surface area contributed by atoms with Crippen molar-refractivity contribution < 1.29 is 0 Å². The molecule has 0 aliphatic carbocycles. The summed E-state index contributed by atoms with van der Waals surface area (Å²) in [7, 11) is 0. The average Bonchev–Trinajstić information content (AvgIpc) is 3.16. The van der Waals surface area contributed by atoms with Crippen LogP contribution in [0.2, 0.25) is 0 Å². The van der Waals surface area contributed by atoms with Crippen LogP contribution < -0.4 is 5.32 Å². The predicted molar refractivity (Wildman–Crippen MR) is 86.7 cm³/mol. The Hall–Kier alpha value is -0.0400. The molecule has 0 bridgehead atoms. The lowest BCUT2D eigenvalue weighted by Gasteiger charge is -2.01. The molecule has 1 heteroatoms. The zero-order valence-corrected chi connectivity index (χ0v) is 13.6. The van der Waals surface area contributed by atoms with Crippen LogP contribution in [-0.4, -0.2) is 12.1 Å². The Kier molecular flexibility index (Phi) is 10.5. The molecule has 0 aromatic rings. The standard InChI is InChI=1S/C18H37N/c1-3-5-7-9-11-13-15-17-18(19-17)16-14-12-10-8-6-4-2/h17-19H,3-16H2,1-2H3/t17-,18-/m1/s1. The summed E-state index contributed by atoms with van der Waals surface area (Å²) in [6.07, 6.45) is 20.1. The van der Waals surface area contributed by atoms with Gasteiger partial charge >= 0.3 is 0 Å². The number of unbranched alkanes of at least 4 members (excludes halogenated alkanes) is 10. The van der Waals surface area contributed by atoms with Crippen molar-refractivity contribution in [3.63, 3.8) is 0 Å². The van der Waals surface area contributed by atoms with Gasteiger partial charge in [-0.25, -0.2) is 0 Å². The molecular formula is C18H37N. The summed E-state index contributed by atoms with van der Waals surface area (Å²) in [6.45, 7) is 4.59. The number of hydrogen-bond acceptors (Lipinski definition) is 1. The van der Waals surface area contributed by atoms with Gasteiger partial charge < -0.3 is 5.32 Å². The Bertz CT molecular complexity index is 170. The van der Waals surface area contributed by atoms with Crippen LogP contribution in [0, 0.1) is 0 Å². The summed E-state index contributed by atoms with van der Waals surface area (Å²) in [5.41, 5.74) is 0. The highest BCUT2D eigenvalue weighted by molar-refractivity contribution is 4.97. The summed E-state index contributed by atoms with van der Waals surface area (Å²) < 4.78 is 0. The first kappa shape index (κ1) is 17.0. The highest BCUT2D eigenvalue weighted by atomic mass is 15.1. The summed E-state index contributed by atoms with van der Waals surface area (Å²) in [6, 6.07) is 1.78. The second-order valence-corrected chi connectivity index (χ2v) is 6.49. The molecule has 1 saturated heterocycles. The van der Waals surface area contributed by atoms with Crippen LogP contribution in [0.1, 0.15) is 104 Å². The lowest BCUT2D eigenvalue weighted by Crippen LogP contribution is -1.94. The van der Waals surface area contributed by atoms with E-state index in [0.717, 1.165) is 12.1 Å². The Morgan fingerprint density at radius 3 is 1.32 bits per heavy atom. The highest BCUT2D eigenvalue weighted by Crippen LogP contribution is 2.23.